The Labute approximate surface area is 181 Å². The van der Waals surface area contributed by atoms with Gasteiger partial charge in [-0.2, -0.15) is 18.2 Å². The van der Waals surface area contributed by atoms with Gasteiger partial charge in [-0.1, -0.05) is 18.2 Å². The number of hydrogen-bond donors (Lipinski definition) is 2. The smallest absolute Gasteiger partial charge is 0.423 e. The first kappa shape index (κ1) is 22.7. The van der Waals surface area contributed by atoms with Crippen LogP contribution < -0.4 is 24.8 Å². The van der Waals surface area contributed by atoms with Crippen LogP contribution in [0.2, 0.25) is 0 Å². The van der Waals surface area contributed by atoms with E-state index in [1.807, 2.05) is 0 Å². The minimum atomic E-state index is -4.76. The van der Waals surface area contributed by atoms with Crippen LogP contribution in [0.25, 0.3) is 0 Å². The fourth-order valence-electron chi connectivity index (χ4n) is 2.62. The standard InChI is InChI=1S/C21H19F3N4O4/c1-30-14-8-9-17(31-2)16(10-14)27-20-25-11-15(21(22,23)24)19(28-20)32-12-26-18(29)13-6-4-3-5-7-13/h3-11H,12H2,1-2H3,(H,26,29)(H,25,27,28). The van der Waals surface area contributed by atoms with Gasteiger partial charge in [0.1, 0.15) is 17.1 Å². The van der Waals surface area contributed by atoms with Crippen LogP contribution in [0, 0.1) is 0 Å². The van der Waals surface area contributed by atoms with Crippen molar-refractivity contribution in [3.63, 3.8) is 0 Å². The van der Waals surface area contributed by atoms with Gasteiger partial charge in [0.15, 0.2) is 6.73 Å². The van der Waals surface area contributed by atoms with Gasteiger partial charge in [-0.15, -0.1) is 0 Å². The van der Waals surface area contributed by atoms with E-state index in [1.54, 1.807) is 48.5 Å². The largest absolute Gasteiger partial charge is 0.497 e. The lowest BCUT2D eigenvalue weighted by Gasteiger charge is -2.15. The average molecular weight is 448 g/mol. The molecular weight excluding hydrogens is 429 g/mol. The molecule has 0 fully saturated rings. The number of alkyl halides is 3. The molecule has 0 aliphatic carbocycles. The fraction of sp³-hybridized carbons (Fsp3) is 0.190. The Hall–Kier alpha value is -4.02. The topological polar surface area (TPSA) is 94.6 Å². The molecule has 2 aromatic carbocycles. The van der Waals surface area contributed by atoms with E-state index in [-0.39, 0.29) is 5.95 Å². The second-order valence-electron chi connectivity index (χ2n) is 6.26. The number of carbonyl (C=O) groups excluding carboxylic acids is 1. The number of aromatic nitrogens is 2. The van der Waals surface area contributed by atoms with Crippen molar-refractivity contribution in [2.45, 2.75) is 6.18 Å². The Kier molecular flexibility index (Phi) is 6.98. The van der Waals surface area contributed by atoms with Gasteiger partial charge in [0.05, 0.1) is 19.9 Å². The van der Waals surface area contributed by atoms with E-state index in [9.17, 15) is 18.0 Å². The number of ether oxygens (including phenoxy) is 3. The van der Waals surface area contributed by atoms with Gasteiger partial charge in [-0.3, -0.25) is 4.79 Å². The highest BCUT2D eigenvalue weighted by Gasteiger charge is 2.36. The summed E-state index contributed by atoms with van der Waals surface area (Å²) in [5.74, 6) is -0.543. The Morgan fingerprint density at radius 1 is 1.06 bits per heavy atom. The maximum absolute atomic E-state index is 13.4. The third-order valence-corrected chi connectivity index (χ3v) is 4.19. The van der Waals surface area contributed by atoms with Gasteiger partial charge in [-0.25, -0.2) is 4.98 Å². The lowest BCUT2D eigenvalue weighted by molar-refractivity contribution is -0.139. The molecule has 32 heavy (non-hydrogen) atoms. The number of rotatable bonds is 8. The molecule has 168 valence electrons. The van der Waals surface area contributed by atoms with Crippen LogP contribution in [-0.2, 0) is 6.18 Å². The van der Waals surface area contributed by atoms with Gasteiger partial charge >= 0.3 is 6.18 Å². The second-order valence-corrected chi connectivity index (χ2v) is 6.26. The van der Waals surface area contributed by atoms with Crippen molar-refractivity contribution in [1.82, 2.24) is 15.3 Å². The highest BCUT2D eigenvalue weighted by Crippen LogP contribution is 2.36. The first-order chi connectivity index (χ1) is 15.3. The number of benzene rings is 2. The van der Waals surface area contributed by atoms with E-state index in [1.165, 1.54) is 14.2 Å². The van der Waals surface area contributed by atoms with Crippen molar-refractivity contribution in [2.24, 2.45) is 0 Å². The van der Waals surface area contributed by atoms with Gasteiger partial charge in [0.25, 0.3) is 5.91 Å². The van der Waals surface area contributed by atoms with E-state index in [0.29, 0.717) is 28.9 Å². The van der Waals surface area contributed by atoms with Gasteiger partial charge in [0, 0.05) is 17.8 Å². The molecule has 0 aliphatic rings. The van der Waals surface area contributed by atoms with Crippen LogP contribution in [-0.4, -0.2) is 36.8 Å². The monoisotopic (exact) mass is 448 g/mol. The highest BCUT2D eigenvalue weighted by atomic mass is 19.4. The minimum absolute atomic E-state index is 0.172. The number of nitrogens with zero attached hydrogens (tertiary/aromatic N) is 2. The third-order valence-electron chi connectivity index (χ3n) is 4.19. The van der Waals surface area contributed by atoms with E-state index in [0.717, 1.165) is 0 Å². The molecule has 8 nitrogen and oxygen atoms in total. The van der Waals surface area contributed by atoms with Crippen molar-refractivity contribution >= 4 is 17.5 Å². The molecule has 0 radical (unpaired) electrons. The fourth-order valence-corrected chi connectivity index (χ4v) is 2.62. The predicted octanol–water partition coefficient (Wildman–Crippen LogP) is 4.02. The summed E-state index contributed by atoms with van der Waals surface area (Å²) >= 11 is 0. The molecule has 3 rings (SSSR count). The first-order valence-electron chi connectivity index (χ1n) is 9.21. The van der Waals surface area contributed by atoms with E-state index < -0.39 is 30.3 Å². The van der Waals surface area contributed by atoms with Crippen LogP contribution >= 0.6 is 0 Å². The summed E-state index contributed by atoms with van der Waals surface area (Å²) < 4.78 is 55.6. The molecule has 0 spiro atoms. The van der Waals surface area contributed by atoms with Crippen molar-refractivity contribution in [2.75, 3.05) is 26.3 Å². The molecule has 0 unspecified atom stereocenters. The third kappa shape index (κ3) is 5.56. The Bertz CT molecular complexity index is 1080. The molecule has 1 aromatic heterocycles. The first-order valence-corrected chi connectivity index (χ1v) is 9.21. The van der Waals surface area contributed by atoms with Crippen molar-refractivity contribution in [3.8, 4) is 17.4 Å². The summed E-state index contributed by atoms with van der Waals surface area (Å²) in [4.78, 5) is 19.6. The number of hydrogen-bond acceptors (Lipinski definition) is 7. The zero-order valence-corrected chi connectivity index (χ0v) is 17.1. The molecule has 1 heterocycles. The van der Waals surface area contributed by atoms with Gasteiger partial charge in [0.2, 0.25) is 11.8 Å². The van der Waals surface area contributed by atoms with Crippen molar-refractivity contribution < 1.29 is 32.2 Å². The quantitative estimate of drug-likeness (QED) is 0.503. The molecule has 1 amide bonds. The van der Waals surface area contributed by atoms with Crippen LogP contribution in [0.15, 0.2) is 54.7 Å². The molecule has 0 bridgehead atoms. The molecule has 0 saturated heterocycles. The normalized spacial score (nSPS) is 10.9. The Balaban J connectivity index is 1.80. The number of nitrogens with one attached hydrogen (secondary N) is 2. The summed E-state index contributed by atoms with van der Waals surface area (Å²) in [6.07, 6.45) is -4.17. The summed E-state index contributed by atoms with van der Waals surface area (Å²) in [5, 5.41) is 5.16. The molecule has 0 atom stereocenters. The SMILES string of the molecule is COc1ccc(OC)c(Nc2ncc(C(F)(F)F)c(OCNC(=O)c3ccccc3)n2)c1. The minimum Gasteiger partial charge on any atom is -0.497 e. The zero-order chi connectivity index (χ0) is 23.1. The zero-order valence-electron chi connectivity index (χ0n) is 17.1. The number of halogens is 3. The van der Waals surface area contributed by atoms with Gasteiger partial charge < -0.3 is 24.8 Å². The molecule has 3 aromatic rings. The van der Waals surface area contributed by atoms with Crippen LogP contribution in [0.5, 0.6) is 17.4 Å². The summed E-state index contributed by atoms with van der Waals surface area (Å²) in [7, 11) is 2.90. The molecule has 2 N–H and O–H groups in total. The lowest BCUT2D eigenvalue weighted by Crippen LogP contribution is -2.28. The number of anilines is 2. The molecular formula is C21H19F3N4O4. The molecule has 11 heteroatoms. The maximum Gasteiger partial charge on any atom is 0.423 e. The van der Waals surface area contributed by atoms with Crippen LogP contribution in [0.1, 0.15) is 15.9 Å². The predicted molar refractivity (Wildman–Crippen MR) is 109 cm³/mol. The number of amides is 1. The number of carbonyl (C=O) groups is 1. The summed E-state index contributed by atoms with van der Waals surface area (Å²) in [6.45, 7) is -0.532. The number of methoxy groups -OCH3 is 2. The average Bonchev–Trinajstić information content (AvgIpc) is 2.79. The van der Waals surface area contributed by atoms with E-state index in [4.69, 9.17) is 14.2 Å². The summed E-state index contributed by atoms with van der Waals surface area (Å²) in [5.41, 5.74) is -0.480. The molecule has 0 aliphatic heterocycles. The van der Waals surface area contributed by atoms with E-state index >= 15 is 0 Å². The van der Waals surface area contributed by atoms with Gasteiger partial charge in [-0.05, 0) is 24.3 Å². The maximum atomic E-state index is 13.4. The second kappa shape index (κ2) is 9.86. The lowest BCUT2D eigenvalue weighted by atomic mass is 10.2. The Morgan fingerprint density at radius 3 is 2.47 bits per heavy atom. The van der Waals surface area contributed by atoms with Crippen LogP contribution in [0.3, 0.4) is 0 Å². The van der Waals surface area contributed by atoms with Crippen LogP contribution in [0.4, 0.5) is 24.8 Å². The molecule has 0 saturated carbocycles. The summed E-state index contributed by atoms with van der Waals surface area (Å²) in [6, 6.07) is 13.0. The Morgan fingerprint density at radius 2 is 1.81 bits per heavy atom. The highest BCUT2D eigenvalue weighted by molar-refractivity contribution is 5.94. The van der Waals surface area contributed by atoms with Crippen molar-refractivity contribution in [1.29, 1.82) is 0 Å². The van der Waals surface area contributed by atoms with Crippen molar-refractivity contribution in [3.05, 3.63) is 65.9 Å². The van der Waals surface area contributed by atoms with E-state index in [2.05, 4.69) is 20.6 Å².